The highest BCUT2D eigenvalue weighted by molar-refractivity contribution is 7.12. The van der Waals surface area contributed by atoms with Crippen molar-refractivity contribution in [1.82, 2.24) is 5.32 Å². The summed E-state index contributed by atoms with van der Waals surface area (Å²) >= 11 is 1.13. The molecule has 1 atom stereocenters. The normalized spacial score (nSPS) is 16.2. The molecule has 0 saturated heterocycles. The van der Waals surface area contributed by atoms with Gasteiger partial charge >= 0.3 is 12.1 Å². The zero-order valence-electron chi connectivity index (χ0n) is 16.3. The molecule has 1 fully saturated rings. The lowest BCUT2D eigenvalue weighted by molar-refractivity contribution is -0.171. The first-order chi connectivity index (χ1) is 14.2. The third kappa shape index (κ3) is 5.19. The number of thiophene rings is 1. The van der Waals surface area contributed by atoms with Gasteiger partial charge in [-0.15, -0.1) is 11.3 Å². The minimum Gasteiger partial charge on any atom is -0.351 e. The van der Waals surface area contributed by atoms with Gasteiger partial charge in [0.1, 0.15) is 5.82 Å². The molecule has 0 spiro atoms. The molecule has 1 aliphatic carbocycles. The van der Waals surface area contributed by atoms with Crippen LogP contribution in [0.5, 0.6) is 0 Å². The Bertz CT molecular complexity index is 906. The Morgan fingerprint density at radius 1 is 1.13 bits per heavy atom. The van der Waals surface area contributed by atoms with Crippen LogP contribution >= 0.6 is 11.3 Å². The van der Waals surface area contributed by atoms with Crippen LogP contribution in [0.25, 0.3) is 0 Å². The van der Waals surface area contributed by atoms with Crippen LogP contribution in [0, 0.1) is 12.7 Å². The number of amides is 2. The van der Waals surface area contributed by atoms with Crippen LogP contribution in [0.4, 0.5) is 23.2 Å². The largest absolute Gasteiger partial charge is 0.471 e. The monoisotopic (exact) mass is 442 g/mol. The zero-order chi connectivity index (χ0) is 21.9. The number of benzene rings is 1. The van der Waals surface area contributed by atoms with Crippen LogP contribution in [0.2, 0.25) is 0 Å². The van der Waals surface area contributed by atoms with Crippen molar-refractivity contribution in [3.05, 3.63) is 52.0 Å². The van der Waals surface area contributed by atoms with Crippen molar-refractivity contribution < 1.29 is 27.2 Å². The number of anilines is 1. The topological polar surface area (TPSA) is 49.4 Å². The highest BCUT2D eigenvalue weighted by Gasteiger charge is 2.48. The molecule has 1 N–H and O–H groups in total. The summed E-state index contributed by atoms with van der Waals surface area (Å²) in [5, 5.41) is 2.81. The van der Waals surface area contributed by atoms with Gasteiger partial charge in [0.05, 0.1) is 0 Å². The highest BCUT2D eigenvalue weighted by Crippen LogP contribution is 2.36. The van der Waals surface area contributed by atoms with E-state index in [1.165, 1.54) is 18.2 Å². The third-order valence-corrected chi connectivity index (χ3v) is 6.09. The maximum absolute atomic E-state index is 13.8. The maximum Gasteiger partial charge on any atom is 0.471 e. The first-order valence-corrected chi connectivity index (χ1v) is 10.5. The van der Waals surface area contributed by atoms with E-state index in [-0.39, 0.29) is 16.6 Å². The first kappa shape index (κ1) is 22.3. The minimum atomic E-state index is -5.23. The molecule has 30 heavy (non-hydrogen) atoms. The number of rotatable bonds is 5. The van der Waals surface area contributed by atoms with Crippen molar-refractivity contribution in [3.63, 3.8) is 0 Å². The molecule has 1 heterocycles. The highest BCUT2D eigenvalue weighted by atomic mass is 32.1. The van der Waals surface area contributed by atoms with Crippen molar-refractivity contribution in [3.8, 4) is 0 Å². The second-order valence-electron chi connectivity index (χ2n) is 7.35. The van der Waals surface area contributed by atoms with Crippen LogP contribution in [0.1, 0.15) is 47.9 Å². The van der Waals surface area contributed by atoms with Crippen LogP contribution < -0.4 is 10.2 Å². The van der Waals surface area contributed by atoms with Crippen molar-refractivity contribution in [2.75, 3.05) is 4.90 Å². The van der Waals surface area contributed by atoms with Gasteiger partial charge < -0.3 is 5.32 Å². The van der Waals surface area contributed by atoms with E-state index in [0.717, 1.165) is 60.5 Å². The SMILES string of the molecule is Cc1ccc([C@@H](C(=O)NC2CCCCC2)N(C(=O)C(F)(F)F)c2cccc(F)c2)s1. The van der Waals surface area contributed by atoms with Gasteiger partial charge in [-0.25, -0.2) is 4.39 Å². The standard InChI is InChI=1S/C21H22F4N2O2S/c1-13-10-11-17(30-13)18(19(28)26-15-7-3-2-4-8-15)27(20(29)21(23,24)25)16-9-5-6-14(22)12-16/h5-6,9-12,15,18H,2-4,7-8H2,1H3,(H,26,28)/t18-/m0/s1. The van der Waals surface area contributed by atoms with E-state index in [1.807, 2.05) is 0 Å². The van der Waals surface area contributed by atoms with Gasteiger partial charge in [-0.3, -0.25) is 14.5 Å². The summed E-state index contributed by atoms with van der Waals surface area (Å²) in [4.78, 5) is 27.0. The van der Waals surface area contributed by atoms with Crippen molar-refractivity contribution in [2.45, 2.75) is 57.3 Å². The lowest BCUT2D eigenvalue weighted by atomic mass is 9.95. The number of carbonyl (C=O) groups excluding carboxylic acids is 2. The summed E-state index contributed by atoms with van der Waals surface area (Å²) in [6, 6.07) is 5.76. The second kappa shape index (κ2) is 9.16. The van der Waals surface area contributed by atoms with Gasteiger partial charge in [0.25, 0.3) is 0 Å². The fraction of sp³-hybridized carbons (Fsp3) is 0.429. The quantitative estimate of drug-likeness (QED) is 0.641. The summed E-state index contributed by atoms with van der Waals surface area (Å²) in [6.07, 6.45) is -0.889. The molecule has 0 unspecified atom stereocenters. The van der Waals surface area contributed by atoms with Gasteiger partial charge in [-0.1, -0.05) is 25.3 Å². The molecule has 3 rings (SSSR count). The van der Waals surface area contributed by atoms with E-state index < -0.39 is 29.8 Å². The van der Waals surface area contributed by atoms with Gasteiger partial charge in [-0.05, 0) is 50.1 Å². The average Bonchev–Trinajstić information content (AvgIpc) is 3.11. The summed E-state index contributed by atoms with van der Waals surface area (Å²) < 4.78 is 54.2. The predicted octanol–water partition coefficient (Wildman–Crippen LogP) is 5.28. The number of hydrogen-bond donors (Lipinski definition) is 1. The van der Waals surface area contributed by atoms with Gasteiger partial charge in [0, 0.05) is 21.5 Å². The van der Waals surface area contributed by atoms with Crippen molar-refractivity contribution >= 4 is 28.8 Å². The molecule has 1 aliphatic rings. The summed E-state index contributed by atoms with van der Waals surface area (Å²) in [6.45, 7) is 1.75. The Labute approximate surface area is 175 Å². The molecule has 9 heteroatoms. The fourth-order valence-electron chi connectivity index (χ4n) is 3.65. The smallest absolute Gasteiger partial charge is 0.351 e. The summed E-state index contributed by atoms with van der Waals surface area (Å²) in [7, 11) is 0. The van der Waals surface area contributed by atoms with E-state index in [9.17, 15) is 27.2 Å². The molecule has 2 amide bonds. The molecule has 1 saturated carbocycles. The average molecular weight is 442 g/mol. The molecule has 0 radical (unpaired) electrons. The predicted molar refractivity (Wildman–Crippen MR) is 107 cm³/mol. The minimum absolute atomic E-state index is 0.162. The Hall–Kier alpha value is -2.42. The maximum atomic E-state index is 13.8. The van der Waals surface area contributed by atoms with Crippen LogP contribution in [-0.4, -0.2) is 24.0 Å². The van der Waals surface area contributed by atoms with E-state index in [2.05, 4.69) is 5.32 Å². The molecular formula is C21H22F4N2O2S. The van der Waals surface area contributed by atoms with Crippen molar-refractivity contribution in [2.24, 2.45) is 0 Å². The lowest BCUT2D eigenvalue weighted by Gasteiger charge is -2.33. The van der Waals surface area contributed by atoms with Crippen molar-refractivity contribution in [1.29, 1.82) is 0 Å². The molecule has 0 bridgehead atoms. The zero-order valence-corrected chi connectivity index (χ0v) is 17.2. The van der Waals surface area contributed by atoms with Crippen LogP contribution in [-0.2, 0) is 9.59 Å². The third-order valence-electron chi connectivity index (χ3n) is 5.04. The number of alkyl halides is 3. The van der Waals surface area contributed by atoms with E-state index in [1.54, 1.807) is 13.0 Å². The second-order valence-corrected chi connectivity index (χ2v) is 8.67. The van der Waals surface area contributed by atoms with E-state index in [4.69, 9.17) is 0 Å². The Kier molecular flexibility index (Phi) is 6.80. The molecule has 0 aliphatic heterocycles. The number of carbonyl (C=O) groups is 2. The molecule has 4 nitrogen and oxygen atoms in total. The fourth-order valence-corrected chi connectivity index (χ4v) is 4.62. The summed E-state index contributed by atoms with van der Waals surface area (Å²) in [5.41, 5.74) is -0.327. The van der Waals surface area contributed by atoms with Crippen LogP contribution in [0.3, 0.4) is 0 Å². The van der Waals surface area contributed by atoms with Crippen LogP contribution in [0.15, 0.2) is 36.4 Å². The molecule has 162 valence electrons. The molecular weight excluding hydrogens is 420 g/mol. The van der Waals surface area contributed by atoms with Gasteiger partial charge in [-0.2, -0.15) is 13.2 Å². The molecule has 2 aromatic rings. The molecule has 1 aromatic heterocycles. The summed E-state index contributed by atoms with van der Waals surface area (Å²) in [5.74, 6) is -3.73. The number of nitrogens with zero attached hydrogens (tertiary/aromatic N) is 1. The Balaban J connectivity index is 2.06. The first-order valence-electron chi connectivity index (χ1n) is 9.69. The lowest BCUT2D eigenvalue weighted by Crippen LogP contribution is -2.50. The number of halogens is 4. The number of aryl methyl sites for hydroxylation is 1. The number of hydrogen-bond acceptors (Lipinski definition) is 3. The van der Waals surface area contributed by atoms with Gasteiger partial charge in [0.2, 0.25) is 5.91 Å². The van der Waals surface area contributed by atoms with Gasteiger partial charge in [0.15, 0.2) is 6.04 Å². The molecule has 1 aromatic carbocycles. The Morgan fingerprint density at radius 2 is 1.83 bits per heavy atom. The Morgan fingerprint density at radius 3 is 2.40 bits per heavy atom. The van der Waals surface area contributed by atoms with E-state index in [0.29, 0.717) is 4.90 Å². The number of nitrogens with one attached hydrogen (secondary N) is 1. The van der Waals surface area contributed by atoms with E-state index >= 15 is 0 Å².